The number of halogens is 1. The van der Waals surface area contributed by atoms with E-state index >= 15 is 0 Å². The molecule has 0 radical (unpaired) electrons. The van der Waals surface area contributed by atoms with E-state index in [1.165, 1.54) is 17.0 Å². The molecule has 18 heavy (non-hydrogen) atoms. The van der Waals surface area contributed by atoms with E-state index in [1.807, 2.05) is 0 Å². The first-order chi connectivity index (χ1) is 8.49. The van der Waals surface area contributed by atoms with Gasteiger partial charge in [0.2, 0.25) is 5.91 Å². The second-order valence-corrected chi connectivity index (χ2v) is 4.12. The van der Waals surface area contributed by atoms with Crippen molar-refractivity contribution >= 4 is 11.9 Å². The van der Waals surface area contributed by atoms with Gasteiger partial charge in [0.1, 0.15) is 5.82 Å². The van der Waals surface area contributed by atoms with Crippen molar-refractivity contribution < 1.29 is 19.1 Å². The van der Waals surface area contributed by atoms with Gasteiger partial charge in [-0.3, -0.25) is 9.59 Å². The topological polar surface area (TPSA) is 57.6 Å². The van der Waals surface area contributed by atoms with E-state index in [-0.39, 0.29) is 24.6 Å². The van der Waals surface area contributed by atoms with Crippen molar-refractivity contribution in [3.63, 3.8) is 0 Å². The summed E-state index contributed by atoms with van der Waals surface area (Å²) in [6, 6.07) is 5.89. The Morgan fingerprint density at radius 3 is 2.72 bits per heavy atom. The summed E-state index contributed by atoms with van der Waals surface area (Å²) in [4.78, 5) is 23.6. The quantitative estimate of drug-likeness (QED) is 0.839. The zero-order valence-corrected chi connectivity index (χ0v) is 10.2. The maximum Gasteiger partial charge on any atom is 0.303 e. The minimum atomic E-state index is -0.874. The highest BCUT2D eigenvalue weighted by Crippen LogP contribution is 2.06. The van der Waals surface area contributed by atoms with Crippen LogP contribution < -0.4 is 0 Å². The molecule has 0 saturated heterocycles. The fraction of sp³-hybridized carbons (Fsp3) is 0.385. The Morgan fingerprint density at radius 2 is 2.11 bits per heavy atom. The van der Waals surface area contributed by atoms with E-state index in [4.69, 9.17) is 5.11 Å². The van der Waals surface area contributed by atoms with Gasteiger partial charge in [-0.15, -0.1) is 0 Å². The Morgan fingerprint density at radius 1 is 1.39 bits per heavy atom. The fourth-order valence-electron chi connectivity index (χ4n) is 1.55. The van der Waals surface area contributed by atoms with Gasteiger partial charge in [0, 0.05) is 20.0 Å². The van der Waals surface area contributed by atoms with Crippen LogP contribution in [-0.4, -0.2) is 35.5 Å². The molecule has 1 N–H and O–H groups in total. The molecular weight excluding hydrogens is 237 g/mol. The molecule has 0 aliphatic rings. The highest BCUT2D eigenvalue weighted by atomic mass is 19.1. The Bertz CT molecular complexity index is 434. The molecule has 0 spiro atoms. The van der Waals surface area contributed by atoms with Gasteiger partial charge in [-0.1, -0.05) is 12.1 Å². The van der Waals surface area contributed by atoms with E-state index in [0.29, 0.717) is 18.5 Å². The predicted octanol–water partition coefficient (Wildman–Crippen LogP) is 1.69. The molecule has 0 bridgehead atoms. The van der Waals surface area contributed by atoms with Gasteiger partial charge in [0.05, 0.1) is 6.42 Å². The van der Waals surface area contributed by atoms with Crippen molar-refractivity contribution in [2.45, 2.75) is 19.3 Å². The van der Waals surface area contributed by atoms with Crippen molar-refractivity contribution in [2.24, 2.45) is 0 Å². The summed E-state index contributed by atoms with van der Waals surface area (Å²) in [6.07, 6.45) is 0.583. The van der Waals surface area contributed by atoms with E-state index < -0.39 is 5.97 Å². The summed E-state index contributed by atoms with van der Waals surface area (Å²) in [7, 11) is 1.61. The molecule has 0 atom stereocenters. The number of hydrogen-bond acceptors (Lipinski definition) is 2. The first-order valence-electron chi connectivity index (χ1n) is 5.69. The van der Waals surface area contributed by atoms with Crippen LogP contribution in [0.2, 0.25) is 0 Å². The van der Waals surface area contributed by atoms with Crippen LogP contribution in [0.1, 0.15) is 18.4 Å². The molecule has 4 nitrogen and oxygen atoms in total. The Labute approximate surface area is 105 Å². The number of carboxylic acids is 1. The molecule has 98 valence electrons. The van der Waals surface area contributed by atoms with Gasteiger partial charge >= 0.3 is 5.97 Å². The van der Waals surface area contributed by atoms with Gasteiger partial charge in [-0.05, 0) is 24.1 Å². The standard InChI is InChI=1S/C13H16FNO3/c1-15(7-3-6-13(17)18)12(16)9-10-4-2-5-11(14)8-10/h2,4-5,8H,3,6-7,9H2,1H3,(H,17,18). The molecule has 0 aliphatic heterocycles. The molecule has 0 unspecified atom stereocenters. The monoisotopic (exact) mass is 253 g/mol. The maximum atomic E-state index is 12.9. The van der Waals surface area contributed by atoms with E-state index in [0.717, 1.165) is 0 Å². The summed E-state index contributed by atoms with van der Waals surface area (Å²) in [5.41, 5.74) is 0.616. The second kappa shape index (κ2) is 6.74. The van der Waals surface area contributed by atoms with Crippen molar-refractivity contribution in [1.82, 2.24) is 4.90 Å². The summed E-state index contributed by atoms with van der Waals surface area (Å²) in [5.74, 6) is -1.39. The first-order valence-corrected chi connectivity index (χ1v) is 5.69. The summed E-state index contributed by atoms with van der Waals surface area (Å²) < 4.78 is 12.9. The SMILES string of the molecule is CN(CCCC(=O)O)C(=O)Cc1cccc(F)c1. The number of aliphatic carboxylic acids is 1. The lowest BCUT2D eigenvalue weighted by Gasteiger charge is -2.16. The predicted molar refractivity (Wildman–Crippen MR) is 64.6 cm³/mol. The van der Waals surface area contributed by atoms with Crippen LogP contribution in [0.5, 0.6) is 0 Å². The third-order valence-electron chi connectivity index (χ3n) is 2.55. The largest absolute Gasteiger partial charge is 0.481 e. The van der Waals surface area contributed by atoms with Crippen LogP contribution in [0, 0.1) is 5.82 Å². The highest BCUT2D eigenvalue weighted by Gasteiger charge is 2.10. The smallest absolute Gasteiger partial charge is 0.303 e. The molecule has 5 heteroatoms. The van der Waals surface area contributed by atoms with Crippen LogP contribution >= 0.6 is 0 Å². The number of carboxylic acid groups (broad SMARTS) is 1. The number of carbonyl (C=O) groups is 2. The number of rotatable bonds is 6. The Balaban J connectivity index is 2.42. The molecule has 0 fully saturated rings. The lowest BCUT2D eigenvalue weighted by Crippen LogP contribution is -2.29. The fourth-order valence-corrected chi connectivity index (χ4v) is 1.55. The van der Waals surface area contributed by atoms with E-state index in [9.17, 15) is 14.0 Å². The number of nitrogens with zero attached hydrogens (tertiary/aromatic N) is 1. The summed E-state index contributed by atoms with van der Waals surface area (Å²) in [6.45, 7) is 0.389. The van der Waals surface area contributed by atoms with Gasteiger partial charge < -0.3 is 10.0 Å². The molecule has 1 rings (SSSR count). The van der Waals surface area contributed by atoms with Gasteiger partial charge in [-0.25, -0.2) is 4.39 Å². The second-order valence-electron chi connectivity index (χ2n) is 4.12. The Hall–Kier alpha value is -1.91. The average Bonchev–Trinajstić information content (AvgIpc) is 2.28. The molecule has 0 saturated carbocycles. The minimum absolute atomic E-state index is 0.0393. The molecule has 0 aliphatic carbocycles. The van der Waals surface area contributed by atoms with Crippen molar-refractivity contribution in [3.8, 4) is 0 Å². The number of benzene rings is 1. The third-order valence-corrected chi connectivity index (χ3v) is 2.55. The average molecular weight is 253 g/mol. The van der Waals surface area contributed by atoms with E-state index in [2.05, 4.69) is 0 Å². The molecular formula is C13H16FNO3. The number of amides is 1. The first kappa shape index (κ1) is 14.2. The van der Waals surface area contributed by atoms with Crippen molar-refractivity contribution in [2.75, 3.05) is 13.6 Å². The maximum absolute atomic E-state index is 12.9. The lowest BCUT2D eigenvalue weighted by molar-refractivity contribution is -0.138. The van der Waals surface area contributed by atoms with Crippen LogP contribution in [0.25, 0.3) is 0 Å². The zero-order chi connectivity index (χ0) is 13.5. The van der Waals surface area contributed by atoms with Crippen molar-refractivity contribution in [1.29, 1.82) is 0 Å². The molecule has 0 aromatic heterocycles. The van der Waals surface area contributed by atoms with Crippen molar-refractivity contribution in [3.05, 3.63) is 35.6 Å². The third kappa shape index (κ3) is 4.95. The number of carbonyl (C=O) groups excluding carboxylic acids is 1. The lowest BCUT2D eigenvalue weighted by atomic mass is 10.1. The summed E-state index contributed by atoms with van der Waals surface area (Å²) >= 11 is 0. The van der Waals surface area contributed by atoms with Crippen LogP contribution in [0.3, 0.4) is 0 Å². The van der Waals surface area contributed by atoms with Crippen LogP contribution in [0.4, 0.5) is 4.39 Å². The number of likely N-dealkylation sites (N-methyl/N-ethyl adjacent to an activating group) is 1. The Kier molecular flexibility index (Phi) is 5.30. The highest BCUT2D eigenvalue weighted by molar-refractivity contribution is 5.78. The molecule has 1 aromatic rings. The molecule has 0 heterocycles. The van der Waals surface area contributed by atoms with Crippen LogP contribution in [-0.2, 0) is 16.0 Å². The van der Waals surface area contributed by atoms with Gasteiger partial charge in [0.15, 0.2) is 0 Å². The van der Waals surface area contributed by atoms with Crippen LogP contribution in [0.15, 0.2) is 24.3 Å². The molecule has 1 aromatic carbocycles. The normalized spacial score (nSPS) is 10.1. The van der Waals surface area contributed by atoms with Gasteiger partial charge in [-0.2, -0.15) is 0 Å². The van der Waals surface area contributed by atoms with Gasteiger partial charge in [0.25, 0.3) is 0 Å². The zero-order valence-electron chi connectivity index (χ0n) is 10.2. The van der Waals surface area contributed by atoms with E-state index in [1.54, 1.807) is 19.2 Å². The summed E-state index contributed by atoms with van der Waals surface area (Å²) in [5, 5.41) is 8.49. The number of hydrogen-bond donors (Lipinski definition) is 1. The molecule has 1 amide bonds. The minimum Gasteiger partial charge on any atom is -0.481 e.